The van der Waals surface area contributed by atoms with Crippen LogP contribution in [0.2, 0.25) is 5.02 Å². The van der Waals surface area contributed by atoms with Crippen molar-refractivity contribution in [2.45, 2.75) is 6.54 Å². The number of pyridine rings is 1. The number of nitrogens with zero attached hydrogens (tertiary/aromatic N) is 4. The zero-order valence-electron chi connectivity index (χ0n) is 14.6. The van der Waals surface area contributed by atoms with E-state index in [1.807, 2.05) is 48.1 Å². The topological polar surface area (TPSA) is 90.2 Å². The van der Waals surface area contributed by atoms with Crippen molar-refractivity contribution in [3.63, 3.8) is 0 Å². The van der Waals surface area contributed by atoms with E-state index in [0.717, 1.165) is 11.3 Å². The number of nitrogen functional groups attached to an aromatic ring is 1. The van der Waals surface area contributed by atoms with Crippen molar-refractivity contribution in [3.05, 3.63) is 70.9 Å². The number of anilines is 1. The molecular formula is C19H17ClN6O. The summed E-state index contributed by atoms with van der Waals surface area (Å²) >= 11 is 6.13. The van der Waals surface area contributed by atoms with Crippen molar-refractivity contribution in [1.82, 2.24) is 24.5 Å². The van der Waals surface area contributed by atoms with Crippen LogP contribution in [0, 0.1) is 0 Å². The predicted molar refractivity (Wildman–Crippen MR) is 104 cm³/mol. The summed E-state index contributed by atoms with van der Waals surface area (Å²) in [6.07, 6.45) is 1.91. The number of nitrogens with one attached hydrogen (secondary N) is 1. The maximum atomic E-state index is 12.5. The van der Waals surface area contributed by atoms with Crippen molar-refractivity contribution >= 4 is 29.0 Å². The van der Waals surface area contributed by atoms with Gasteiger partial charge in [0.05, 0.1) is 5.69 Å². The lowest BCUT2D eigenvalue weighted by atomic mass is 10.2. The van der Waals surface area contributed by atoms with Gasteiger partial charge in [0.15, 0.2) is 11.5 Å². The Morgan fingerprint density at radius 3 is 2.78 bits per heavy atom. The molecule has 8 heteroatoms. The molecule has 4 rings (SSSR count). The van der Waals surface area contributed by atoms with Crippen LogP contribution in [0.3, 0.4) is 0 Å². The summed E-state index contributed by atoms with van der Waals surface area (Å²) in [6, 6.07) is 14.5. The predicted octanol–water partition coefficient (Wildman–Crippen LogP) is 2.90. The molecule has 0 radical (unpaired) electrons. The average molecular weight is 381 g/mol. The number of carbonyl (C=O) groups excluding carboxylic acids is 1. The van der Waals surface area contributed by atoms with Crippen LogP contribution in [0.5, 0.6) is 0 Å². The van der Waals surface area contributed by atoms with E-state index in [1.165, 1.54) is 4.52 Å². The fourth-order valence-electron chi connectivity index (χ4n) is 2.86. The molecule has 1 aromatic carbocycles. The van der Waals surface area contributed by atoms with E-state index in [0.29, 0.717) is 34.4 Å². The van der Waals surface area contributed by atoms with Gasteiger partial charge in [-0.05, 0) is 35.9 Å². The first-order valence-electron chi connectivity index (χ1n) is 8.32. The number of hydrogen-bond acceptors (Lipinski definition) is 4. The molecule has 1 amide bonds. The minimum Gasteiger partial charge on any atom is -0.384 e. The summed E-state index contributed by atoms with van der Waals surface area (Å²) in [5.74, 6) is 0.624. The van der Waals surface area contributed by atoms with E-state index in [1.54, 1.807) is 18.2 Å². The molecule has 0 saturated heterocycles. The molecule has 3 N–H and O–H groups in total. The summed E-state index contributed by atoms with van der Waals surface area (Å²) in [5, 5.41) is 7.89. The molecule has 0 bridgehead atoms. The Morgan fingerprint density at radius 1 is 1.22 bits per heavy atom. The second kappa shape index (κ2) is 6.77. The average Bonchev–Trinajstić information content (AvgIpc) is 3.26. The zero-order valence-corrected chi connectivity index (χ0v) is 15.3. The molecular weight excluding hydrogens is 364 g/mol. The van der Waals surface area contributed by atoms with Crippen LogP contribution in [-0.4, -0.2) is 25.1 Å². The Kier molecular flexibility index (Phi) is 4.29. The minimum atomic E-state index is -0.257. The van der Waals surface area contributed by atoms with Gasteiger partial charge in [0, 0.05) is 30.4 Å². The van der Waals surface area contributed by atoms with Crippen LogP contribution in [0.25, 0.3) is 17.2 Å². The molecule has 0 aliphatic heterocycles. The molecule has 0 unspecified atom stereocenters. The Hall–Kier alpha value is -3.32. The van der Waals surface area contributed by atoms with Gasteiger partial charge in [-0.2, -0.15) is 4.52 Å². The maximum absolute atomic E-state index is 12.5. The minimum absolute atomic E-state index is 0.257. The van der Waals surface area contributed by atoms with E-state index < -0.39 is 0 Å². The normalized spacial score (nSPS) is 11.0. The number of fused-ring (bicyclic) bond motifs is 1. The van der Waals surface area contributed by atoms with Crippen molar-refractivity contribution in [1.29, 1.82) is 0 Å². The standard InChI is InChI=1S/C19H17ClN6O/c1-25-8-4-7-15(25)18-23-17-10-13(9-16(21)26(17)24-18)19(27)22-11-12-5-2-3-6-14(12)20/h2-10H,11,21H2,1H3,(H,22,27). The smallest absolute Gasteiger partial charge is 0.251 e. The molecule has 7 nitrogen and oxygen atoms in total. The molecule has 0 spiro atoms. The fraction of sp³-hybridized carbons (Fsp3) is 0.105. The van der Waals surface area contributed by atoms with E-state index >= 15 is 0 Å². The Morgan fingerprint density at radius 2 is 2.04 bits per heavy atom. The third kappa shape index (κ3) is 3.24. The first-order valence-corrected chi connectivity index (χ1v) is 8.70. The van der Waals surface area contributed by atoms with Gasteiger partial charge in [-0.15, -0.1) is 5.10 Å². The van der Waals surface area contributed by atoms with Crippen LogP contribution in [0.15, 0.2) is 54.7 Å². The number of amides is 1. The number of carbonyl (C=O) groups is 1. The van der Waals surface area contributed by atoms with Gasteiger partial charge < -0.3 is 15.6 Å². The van der Waals surface area contributed by atoms with E-state index in [4.69, 9.17) is 17.3 Å². The Labute approximate surface area is 160 Å². The lowest BCUT2D eigenvalue weighted by molar-refractivity contribution is 0.0951. The molecule has 0 saturated carbocycles. The van der Waals surface area contributed by atoms with E-state index in [2.05, 4.69) is 15.4 Å². The van der Waals surface area contributed by atoms with E-state index in [-0.39, 0.29) is 5.91 Å². The quantitative estimate of drug-likeness (QED) is 0.569. The van der Waals surface area contributed by atoms with Crippen LogP contribution in [-0.2, 0) is 13.6 Å². The lowest BCUT2D eigenvalue weighted by Crippen LogP contribution is -2.23. The number of halogens is 1. The second-order valence-corrected chi connectivity index (χ2v) is 6.56. The van der Waals surface area contributed by atoms with Crippen molar-refractivity contribution < 1.29 is 4.79 Å². The van der Waals surface area contributed by atoms with E-state index in [9.17, 15) is 4.79 Å². The number of hydrogen-bond donors (Lipinski definition) is 2. The summed E-state index contributed by atoms with van der Waals surface area (Å²) in [7, 11) is 1.91. The highest BCUT2D eigenvalue weighted by molar-refractivity contribution is 6.31. The summed E-state index contributed by atoms with van der Waals surface area (Å²) in [5.41, 5.74) is 8.71. The van der Waals surface area contributed by atoms with Crippen molar-refractivity contribution in [2.24, 2.45) is 7.05 Å². The van der Waals surface area contributed by atoms with Gasteiger partial charge in [-0.1, -0.05) is 29.8 Å². The second-order valence-electron chi connectivity index (χ2n) is 6.15. The highest BCUT2D eigenvalue weighted by atomic mass is 35.5. The van der Waals surface area contributed by atoms with Gasteiger partial charge in [0.1, 0.15) is 5.82 Å². The molecule has 0 fully saturated rings. The van der Waals surface area contributed by atoms with Gasteiger partial charge in [-0.3, -0.25) is 4.79 Å². The maximum Gasteiger partial charge on any atom is 0.251 e. The number of benzene rings is 1. The molecule has 0 aliphatic rings. The van der Waals surface area contributed by atoms with Crippen LogP contribution in [0.1, 0.15) is 15.9 Å². The third-order valence-electron chi connectivity index (χ3n) is 4.30. The first-order chi connectivity index (χ1) is 13.0. The summed E-state index contributed by atoms with van der Waals surface area (Å²) in [4.78, 5) is 17.0. The lowest BCUT2D eigenvalue weighted by Gasteiger charge is -2.08. The third-order valence-corrected chi connectivity index (χ3v) is 4.67. The molecule has 136 valence electrons. The number of aryl methyl sites for hydroxylation is 1. The molecule has 27 heavy (non-hydrogen) atoms. The van der Waals surface area contributed by atoms with Gasteiger partial charge in [-0.25, -0.2) is 4.98 Å². The van der Waals surface area contributed by atoms with Gasteiger partial charge in [0.2, 0.25) is 0 Å². The fourth-order valence-corrected chi connectivity index (χ4v) is 3.06. The monoisotopic (exact) mass is 380 g/mol. The largest absolute Gasteiger partial charge is 0.384 e. The Balaban J connectivity index is 1.61. The number of nitrogens with two attached hydrogens (primary N) is 1. The highest BCUT2D eigenvalue weighted by Gasteiger charge is 2.14. The molecule has 4 aromatic rings. The first kappa shape index (κ1) is 17.1. The SMILES string of the molecule is Cn1cccc1-c1nc2cc(C(=O)NCc3ccccc3Cl)cc(N)n2n1. The number of rotatable bonds is 4. The van der Waals surface area contributed by atoms with Crippen LogP contribution in [0.4, 0.5) is 5.82 Å². The zero-order chi connectivity index (χ0) is 19.0. The number of aromatic nitrogens is 4. The van der Waals surface area contributed by atoms with Crippen LogP contribution >= 0.6 is 11.6 Å². The molecule has 0 aliphatic carbocycles. The highest BCUT2D eigenvalue weighted by Crippen LogP contribution is 2.20. The molecule has 3 aromatic heterocycles. The molecule has 0 atom stereocenters. The molecule has 3 heterocycles. The van der Waals surface area contributed by atoms with Gasteiger partial charge in [0.25, 0.3) is 5.91 Å². The van der Waals surface area contributed by atoms with Crippen molar-refractivity contribution in [2.75, 3.05) is 5.73 Å². The summed E-state index contributed by atoms with van der Waals surface area (Å²) < 4.78 is 3.44. The summed E-state index contributed by atoms with van der Waals surface area (Å²) in [6.45, 7) is 0.324. The van der Waals surface area contributed by atoms with Gasteiger partial charge >= 0.3 is 0 Å². The Bertz CT molecular complexity index is 1150. The van der Waals surface area contributed by atoms with Crippen LogP contribution < -0.4 is 11.1 Å². The van der Waals surface area contributed by atoms with Crippen molar-refractivity contribution in [3.8, 4) is 11.5 Å².